The van der Waals surface area contributed by atoms with Crippen molar-refractivity contribution in [2.75, 3.05) is 32.2 Å². The van der Waals surface area contributed by atoms with Crippen molar-refractivity contribution >= 4 is 22.5 Å². The number of aliphatic hydroxyl groups is 1. The predicted molar refractivity (Wildman–Crippen MR) is 105 cm³/mol. The molecule has 1 aromatic heterocycles. The third-order valence-electron chi connectivity index (χ3n) is 4.09. The van der Waals surface area contributed by atoms with Crippen LogP contribution in [0.1, 0.15) is 5.56 Å². The fourth-order valence-electron chi connectivity index (χ4n) is 2.84. The molecule has 0 atom stereocenters. The van der Waals surface area contributed by atoms with Gasteiger partial charge in [0.2, 0.25) is 5.91 Å². The summed E-state index contributed by atoms with van der Waals surface area (Å²) >= 11 is 0. The topological polar surface area (TPSA) is 80.7 Å². The van der Waals surface area contributed by atoms with Crippen LogP contribution in [0.5, 0.6) is 5.75 Å². The first-order valence-electron chi connectivity index (χ1n) is 8.65. The molecule has 0 saturated heterocycles. The quantitative estimate of drug-likeness (QED) is 0.671. The van der Waals surface area contributed by atoms with Gasteiger partial charge in [-0.3, -0.25) is 4.79 Å². The highest BCUT2D eigenvalue weighted by Crippen LogP contribution is 2.27. The number of carbonyl (C=O) groups excluding carboxylic acids is 1. The second kappa shape index (κ2) is 8.62. The van der Waals surface area contributed by atoms with Gasteiger partial charge < -0.3 is 19.9 Å². The smallest absolute Gasteiger partial charge is 0.250 e. The van der Waals surface area contributed by atoms with Crippen LogP contribution >= 0.6 is 0 Å². The largest absolute Gasteiger partial charge is 0.491 e. The van der Waals surface area contributed by atoms with Gasteiger partial charge in [0, 0.05) is 23.7 Å². The number of methoxy groups -OCH3 is 1. The van der Waals surface area contributed by atoms with Crippen LogP contribution in [0, 0.1) is 6.92 Å². The first-order chi connectivity index (χ1) is 13.1. The lowest BCUT2D eigenvalue weighted by Crippen LogP contribution is -2.17. The van der Waals surface area contributed by atoms with Crippen LogP contribution in [-0.2, 0) is 9.53 Å². The van der Waals surface area contributed by atoms with E-state index in [1.807, 2.05) is 55.5 Å². The molecule has 6 nitrogen and oxygen atoms in total. The number of pyridine rings is 1. The van der Waals surface area contributed by atoms with Crippen molar-refractivity contribution < 1.29 is 19.4 Å². The molecule has 0 unspecified atom stereocenters. The van der Waals surface area contributed by atoms with Gasteiger partial charge in [0.25, 0.3) is 0 Å². The van der Waals surface area contributed by atoms with Crippen LogP contribution in [0.15, 0.2) is 48.5 Å². The molecule has 1 heterocycles. The molecule has 0 radical (unpaired) electrons. The number of anilines is 1. The zero-order chi connectivity index (χ0) is 19.2. The Morgan fingerprint density at radius 2 is 1.93 bits per heavy atom. The molecule has 1 amide bonds. The molecule has 3 rings (SSSR count). The Labute approximate surface area is 157 Å². The third-order valence-corrected chi connectivity index (χ3v) is 4.09. The first kappa shape index (κ1) is 18.8. The van der Waals surface area contributed by atoms with Gasteiger partial charge in [0.15, 0.2) is 0 Å². The Hall–Kier alpha value is -2.96. The normalized spacial score (nSPS) is 10.8. The number of benzene rings is 2. The van der Waals surface area contributed by atoms with Crippen LogP contribution in [0.4, 0.5) is 5.69 Å². The molecule has 140 valence electrons. The Balaban J connectivity index is 1.90. The van der Waals surface area contributed by atoms with Crippen molar-refractivity contribution in [3.8, 4) is 17.0 Å². The monoisotopic (exact) mass is 366 g/mol. The second-order valence-corrected chi connectivity index (χ2v) is 6.13. The van der Waals surface area contributed by atoms with E-state index < -0.39 is 0 Å². The van der Waals surface area contributed by atoms with Gasteiger partial charge in [0.05, 0.1) is 17.8 Å². The Bertz CT molecular complexity index is 939. The van der Waals surface area contributed by atoms with Gasteiger partial charge in [0.1, 0.15) is 19.0 Å². The molecule has 0 saturated carbocycles. The number of fused-ring (bicyclic) bond motifs is 1. The SMILES string of the molecule is COCC(=O)Nc1ccc2c(C)cc(-c3ccc(OCCO)cc3)nc2c1. The fourth-order valence-corrected chi connectivity index (χ4v) is 2.84. The Morgan fingerprint density at radius 3 is 2.63 bits per heavy atom. The van der Waals surface area contributed by atoms with Crippen molar-refractivity contribution in [3.63, 3.8) is 0 Å². The third kappa shape index (κ3) is 4.61. The van der Waals surface area contributed by atoms with Crippen LogP contribution in [0.25, 0.3) is 22.2 Å². The number of hydrogen-bond acceptors (Lipinski definition) is 5. The second-order valence-electron chi connectivity index (χ2n) is 6.13. The number of hydrogen-bond donors (Lipinski definition) is 2. The summed E-state index contributed by atoms with van der Waals surface area (Å²) in [6, 6.07) is 15.3. The Kier molecular flexibility index (Phi) is 6.01. The molecule has 0 bridgehead atoms. The van der Waals surface area contributed by atoms with E-state index >= 15 is 0 Å². The highest BCUT2D eigenvalue weighted by atomic mass is 16.5. The van der Waals surface area contributed by atoms with Gasteiger partial charge in [-0.05, 0) is 55.0 Å². The van der Waals surface area contributed by atoms with Crippen LogP contribution in [0.2, 0.25) is 0 Å². The molecule has 6 heteroatoms. The highest BCUT2D eigenvalue weighted by molar-refractivity contribution is 5.95. The lowest BCUT2D eigenvalue weighted by molar-refractivity contribution is -0.119. The molecule has 0 spiro atoms. The summed E-state index contributed by atoms with van der Waals surface area (Å²) < 4.78 is 10.2. The fraction of sp³-hybridized carbons (Fsp3) is 0.238. The van der Waals surface area contributed by atoms with E-state index in [2.05, 4.69) is 5.32 Å². The average molecular weight is 366 g/mol. The number of ether oxygens (including phenoxy) is 2. The zero-order valence-electron chi connectivity index (χ0n) is 15.4. The minimum Gasteiger partial charge on any atom is -0.491 e. The molecule has 2 N–H and O–H groups in total. The molecule has 27 heavy (non-hydrogen) atoms. The summed E-state index contributed by atoms with van der Waals surface area (Å²) in [4.78, 5) is 16.5. The Morgan fingerprint density at radius 1 is 1.15 bits per heavy atom. The summed E-state index contributed by atoms with van der Waals surface area (Å²) in [5.74, 6) is 0.497. The maximum Gasteiger partial charge on any atom is 0.250 e. The molecule has 0 aliphatic rings. The van der Waals surface area contributed by atoms with Crippen molar-refractivity contribution in [2.24, 2.45) is 0 Å². The molecule has 0 aliphatic carbocycles. The van der Waals surface area contributed by atoms with E-state index in [-0.39, 0.29) is 25.7 Å². The van der Waals surface area contributed by atoms with E-state index in [1.165, 1.54) is 7.11 Å². The number of rotatable bonds is 7. The van der Waals surface area contributed by atoms with Crippen molar-refractivity contribution in [2.45, 2.75) is 6.92 Å². The lowest BCUT2D eigenvalue weighted by Gasteiger charge is -2.10. The highest BCUT2D eigenvalue weighted by Gasteiger charge is 2.08. The van der Waals surface area contributed by atoms with Gasteiger partial charge in [-0.2, -0.15) is 0 Å². The number of amides is 1. The molecule has 0 aliphatic heterocycles. The van der Waals surface area contributed by atoms with Crippen LogP contribution in [-0.4, -0.2) is 42.9 Å². The van der Waals surface area contributed by atoms with Crippen LogP contribution in [0.3, 0.4) is 0 Å². The number of aromatic nitrogens is 1. The number of nitrogens with zero attached hydrogens (tertiary/aromatic N) is 1. The number of aliphatic hydroxyl groups excluding tert-OH is 1. The summed E-state index contributed by atoms with van der Waals surface area (Å²) in [5.41, 5.74) is 4.40. The van der Waals surface area contributed by atoms with Crippen molar-refractivity contribution in [3.05, 3.63) is 54.1 Å². The van der Waals surface area contributed by atoms with E-state index in [0.717, 1.165) is 27.7 Å². The average Bonchev–Trinajstić information content (AvgIpc) is 2.66. The van der Waals surface area contributed by atoms with E-state index in [9.17, 15) is 4.79 Å². The van der Waals surface area contributed by atoms with Crippen molar-refractivity contribution in [1.82, 2.24) is 4.98 Å². The van der Waals surface area contributed by atoms with Gasteiger partial charge in [-0.25, -0.2) is 4.98 Å². The van der Waals surface area contributed by atoms with Gasteiger partial charge in [-0.1, -0.05) is 6.07 Å². The minimum absolute atomic E-state index is 0.00916. The standard InChI is InChI=1S/C21H22N2O4/c1-14-11-19(15-3-6-17(7-4-15)27-10-9-24)23-20-12-16(5-8-18(14)20)22-21(25)13-26-2/h3-8,11-12,24H,9-10,13H2,1-2H3,(H,22,25). The summed E-state index contributed by atoms with van der Waals surface area (Å²) in [5, 5.41) is 12.7. The van der Waals surface area contributed by atoms with Gasteiger partial charge in [-0.15, -0.1) is 0 Å². The number of aryl methyl sites for hydroxylation is 1. The van der Waals surface area contributed by atoms with E-state index in [0.29, 0.717) is 11.4 Å². The summed E-state index contributed by atoms with van der Waals surface area (Å²) in [7, 11) is 1.48. The molecule has 0 fully saturated rings. The summed E-state index contributed by atoms with van der Waals surface area (Å²) in [6.07, 6.45) is 0. The number of nitrogens with one attached hydrogen (secondary N) is 1. The lowest BCUT2D eigenvalue weighted by atomic mass is 10.0. The van der Waals surface area contributed by atoms with Gasteiger partial charge >= 0.3 is 0 Å². The van der Waals surface area contributed by atoms with E-state index in [4.69, 9.17) is 19.6 Å². The molecule has 3 aromatic rings. The molecular formula is C21H22N2O4. The maximum absolute atomic E-state index is 11.7. The van der Waals surface area contributed by atoms with Crippen molar-refractivity contribution in [1.29, 1.82) is 0 Å². The minimum atomic E-state index is -0.205. The number of carbonyl (C=O) groups is 1. The predicted octanol–water partition coefficient (Wildman–Crippen LogP) is 3.17. The van der Waals surface area contributed by atoms with Crippen LogP contribution < -0.4 is 10.1 Å². The van der Waals surface area contributed by atoms with E-state index in [1.54, 1.807) is 0 Å². The maximum atomic E-state index is 11.7. The zero-order valence-corrected chi connectivity index (χ0v) is 15.4. The molecule has 2 aromatic carbocycles. The first-order valence-corrected chi connectivity index (χ1v) is 8.65. The molecular weight excluding hydrogens is 344 g/mol. The summed E-state index contributed by atoms with van der Waals surface area (Å²) in [6.45, 7) is 2.30.